The number of para-hydroxylation sites is 1. The van der Waals surface area contributed by atoms with E-state index in [1.807, 2.05) is 51.1 Å². The van der Waals surface area contributed by atoms with Crippen molar-refractivity contribution in [3.8, 4) is 17.0 Å². The van der Waals surface area contributed by atoms with Crippen molar-refractivity contribution in [3.05, 3.63) is 53.7 Å². The Morgan fingerprint density at radius 3 is 2.70 bits per heavy atom. The minimum atomic E-state index is -0.470. The SMILES string of the molecule is COc1ccccc1-c1cc(C(=O)NCC2C(=O)N=C(C)C=C2C)c2cnn(C(C)C)c2n1. The van der Waals surface area contributed by atoms with Gasteiger partial charge in [-0.15, -0.1) is 0 Å². The summed E-state index contributed by atoms with van der Waals surface area (Å²) in [7, 11) is 1.60. The lowest BCUT2D eigenvalue weighted by Crippen LogP contribution is -2.34. The number of allylic oxidation sites excluding steroid dienone is 1. The number of aromatic nitrogens is 3. The summed E-state index contributed by atoms with van der Waals surface area (Å²) in [5.74, 6) is -0.348. The molecule has 1 N–H and O–H groups in total. The van der Waals surface area contributed by atoms with E-state index >= 15 is 0 Å². The second-order valence-corrected chi connectivity index (χ2v) is 8.42. The molecule has 1 aromatic carbocycles. The lowest BCUT2D eigenvalue weighted by atomic mass is 9.95. The van der Waals surface area contributed by atoms with Crippen molar-refractivity contribution in [2.75, 3.05) is 13.7 Å². The molecule has 4 rings (SSSR count). The number of aliphatic imine (C=N–C) groups is 1. The number of nitrogens with one attached hydrogen (secondary N) is 1. The normalized spacial score (nSPS) is 16.1. The van der Waals surface area contributed by atoms with Gasteiger partial charge in [0, 0.05) is 23.9 Å². The molecule has 1 atom stereocenters. The fraction of sp³-hybridized carbons (Fsp3) is 0.320. The predicted octanol–water partition coefficient (Wildman–Crippen LogP) is 3.98. The molecule has 0 fully saturated rings. The summed E-state index contributed by atoms with van der Waals surface area (Å²) in [4.78, 5) is 34.5. The number of hydrogen-bond donors (Lipinski definition) is 1. The number of amides is 2. The van der Waals surface area contributed by atoms with Crippen LogP contribution in [0.2, 0.25) is 0 Å². The summed E-state index contributed by atoms with van der Waals surface area (Å²) >= 11 is 0. The van der Waals surface area contributed by atoms with Crippen LogP contribution in [0.25, 0.3) is 22.3 Å². The van der Waals surface area contributed by atoms with Gasteiger partial charge in [-0.3, -0.25) is 9.59 Å². The highest BCUT2D eigenvalue weighted by molar-refractivity contribution is 6.08. The predicted molar refractivity (Wildman–Crippen MR) is 128 cm³/mol. The summed E-state index contributed by atoms with van der Waals surface area (Å²) < 4.78 is 7.30. The largest absolute Gasteiger partial charge is 0.496 e. The monoisotopic (exact) mass is 445 g/mol. The van der Waals surface area contributed by atoms with Gasteiger partial charge in [0.2, 0.25) is 0 Å². The first kappa shape index (κ1) is 22.4. The molecule has 3 heterocycles. The van der Waals surface area contributed by atoms with Gasteiger partial charge in [-0.2, -0.15) is 5.10 Å². The second kappa shape index (κ2) is 8.97. The van der Waals surface area contributed by atoms with Gasteiger partial charge in [0.05, 0.1) is 35.9 Å². The van der Waals surface area contributed by atoms with Gasteiger partial charge in [0.25, 0.3) is 11.8 Å². The minimum absolute atomic E-state index is 0.0626. The maximum atomic E-state index is 13.3. The van der Waals surface area contributed by atoms with Crippen LogP contribution in [-0.2, 0) is 4.79 Å². The van der Waals surface area contributed by atoms with Crippen molar-refractivity contribution in [2.45, 2.75) is 33.7 Å². The van der Waals surface area contributed by atoms with Crippen LogP contribution < -0.4 is 10.1 Å². The molecule has 0 saturated carbocycles. The van der Waals surface area contributed by atoms with E-state index in [9.17, 15) is 9.59 Å². The summed E-state index contributed by atoms with van der Waals surface area (Å²) in [5, 5.41) is 8.02. The van der Waals surface area contributed by atoms with Crippen molar-refractivity contribution < 1.29 is 14.3 Å². The number of methoxy groups -OCH3 is 1. The molecule has 0 spiro atoms. The molecular weight excluding hydrogens is 418 g/mol. The zero-order chi connectivity index (χ0) is 23.7. The van der Waals surface area contributed by atoms with Gasteiger partial charge >= 0.3 is 0 Å². The van der Waals surface area contributed by atoms with Gasteiger partial charge < -0.3 is 10.1 Å². The smallest absolute Gasteiger partial charge is 0.254 e. The van der Waals surface area contributed by atoms with E-state index < -0.39 is 5.92 Å². The fourth-order valence-electron chi connectivity index (χ4n) is 4.03. The summed E-state index contributed by atoms with van der Waals surface area (Å²) in [6.07, 6.45) is 3.53. The van der Waals surface area contributed by atoms with Crippen LogP contribution in [0.4, 0.5) is 0 Å². The molecule has 0 aliphatic carbocycles. The number of nitrogens with zero attached hydrogens (tertiary/aromatic N) is 4. The standard InChI is InChI=1S/C25H27N5O3/c1-14(2)30-23-20(13-27-30)18(11-21(29-23)17-8-6-7-9-22(17)33-5)24(31)26-12-19-15(3)10-16(4)28-25(19)32/h6-11,13-14,19H,12H2,1-5H3,(H,26,31). The van der Waals surface area contributed by atoms with Crippen molar-refractivity contribution in [2.24, 2.45) is 10.9 Å². The maximum absolute atomic E-state index is 13.3. The molecule has 0 saturated heterocycles. The van der Waals surface area contributed by atoms with Crippen molar-refractivity contribution >= 4 is 28.6 Å². The number of dihydropyridines is 1. The Balaban J connectivity index is 1.74. The molecule has 1 aliphatic heterocycles. The highest BCUT2D eigenvalue weighted by Gasteiger charge is 2.25. The summed E-state index contributed by atoms with van der Waals surface area (Å²) in [6, 6.07) is 9.35. The second-order valence-electron chi connectivity index (χ2n) is 8.42. The third-order valence-corrected chi connectivity index (χ3v) is 5.72. The highest BCUT2D eigenvalue weighted by Crippen LogP contribution is 2.32. The summed E-state index contributed by atoms with van der Waals surface area (Å²) in [5.41, 5.74) is 4.01. The first-order valence-electron chi connectivity index (χ1n) is 10.9. The third kappa shape index (κ3) is 4.28. The molecule has 170 valence electrons. The average molecular weight is 446 g/mol. The van der Waals surface area contributed by atoms with Crippen molar-refractivity contribution in [1.29, 1.82) is 0 Å². The van der Waals surface area contributed by atoms with E-state index in [0.717, 1.165) is 11.1 Å². The van der Waals surface area contributed by atoms with Gasteiger partial charge in [-0.25, -0.2) is 14.7 Å². The number of rotatable bonds is 6. The molecule has 0 bridgehead atoms. The molecule has 8 nitrogen and oxygen atoms in total. The van der Waals surface area contributed by atoms with Crippen LogP contribution in [-0.4, -0.2) is 45.9 Å². The fourth-order valence-corrected chi connectivity index (χ4v) is 4.03. The first-order chi connectivity index (χ1) is 15.8. The molecule has 2 amide bonds. The van der Waals surface area contributed by atoms with E-state index in [2.05, 4.69) is 15.4 Å². The van der Waals surface area contributed by atoms with E-state index in [1.165, 1.54) is 0 Å². The van der Waals surface area contributed by atoms with Crippen molar-refractivity contribution in [3.63, 3.8) is 0 Å². The lowest BCUT2D eigenvalue weighted by molar-refractivity contribution is -0.120. The number of carbonyl (C=O) groups excluding carboxylic acids is 2. The quantitative estimate of drug-likeness (QED) is 0.619. The number of carbonyl (C=O) groups is 2. The zero-order valence-corrected chi connectivity index (χ0v) is 19.4. The van der Waals surface area contributed by atoms with Crippen LogP contribution in [0, 0.1) is 5.92 Å². The molecule has 1 aliphatic rings. The van der Waals surface area contributed by atoms with Crippen LogP contribution >= 0.6 is 0 Å². The average Bonchev–Trinajstić information content (AvgIpc) is 3.21. The summed E-state index contributed by atoms with van der Waals surface area (Å²) in [6.45, 7) is 7.86. The Morgan fingerprint density at radius 2 is 2.00 bits per heavy atom. The maximum Gasteiger partial charge on any atom is 0.254 e. The Labute approximate surface area is 192 Å². The lowest BCUT2D eigenvalue weighted by Gasteiger charge is -2.19. The highest BCUT2D eigenvalue weighted by atomic mass is 16.5. The minimum Gasteiger partial charge on any atom is -0.496 e. The van der Waals surface area contributed by atoms with E-state index in [1.54, 1.807) is 31.0 Å². The van der Waals surface area contributed by atoms with E-state index in [4.69, 9.17) is 9.72 Å². The number of pyridine rings is 1. The van der Waals surface area contributed by atoms with Gasteiger partial charge in [0.1, 0.15) is 5.75 Å². The number of ether oxygens (including phenoxy) is 1. The Kier molecular flexibility index (Phi) is 6.09. The van der Waals surface area contributed by atoms with Crippen LogP contribution in [0.15, 0.2) is 53.2 Å². The van der Waals surface area contributed by atoms with Gasteiger partial charge in [0.15, 0.2) is 5.65 Å². The van der Waals surface area contributed by atoms with Crippen LogP contribution in [0.1, 0.15) is 44.1 Å². The molecule has 8 heteroatoms. The van der Waals surface area contributed by atoms with Gasteiger partial charge in [-0.05, 0) is 52.0 Å². The van der Waals surface area contributed by atoms with Crippen LogP contribution in [0.5, 0.6) is 5.75 Å². The number of benzene rings is 1. The molecule has 0 radical (unpaired) electrons. The number of fused-ring (bicyclic) bond motifs is 1. The molecule has 1 unspecified atom stereocenters. The zero-order valence-electron chi connectivity index (χ0n) is 19.4. The molecule has 3 aromatic rings. The number of hydrogen-bond acceptors (Lipinski definition) is 5. The van der Waals surface area contributed by atoms with Crippen molar-refractivity contribution in [1.82, 2.24) is 20.1 Å². The van der Waals surface area contributed by atoms with Gasteiger partial charge in [-0.1, -0.05) is 17.7 Å². The van der Waals surface area contributed by atoms with E-state index in [0.29, 0.717) is 33.8 Å². The Hall–Kier alpha value is -3.81. The Morgan fingerprint density at radius 1 is 1.24 bits per heavy atom. The van der Waals surface area contributed by atoms with E-state index in [-0.39, 0.29) is 24.4 Å². The molecular formula is C25H27N5O3. The first-order valence-corrected chi connectivity index (χ1v) is 10.9. The third-order valence-electron chi connectivity index (χ3n) is 5.72. The van der Waals surface area contributed by atoms with Crippen LogP contribution in [0.3, 0.4) is 0 Å². The topological polar surface area (TPSA) is 98.5 Å². The Bertz CT molecular complexity index is 1300. The molecule has 2 aromatic heterocycles. The molecule has 33 heavy (non-hydrogen) atoms.